The molecular formula is C14H15BrN2S. The zero-order valence-electron chi connectivity index (χ0n) is 10.1. The number of fused-ring (bicyclic) bond motifs is 4. The van der Waals surface area contributed by atoms with E-state index in [0.29, 0.717) is 5.41 Å². The summed E-state index contributed by atoms with van der Waals surface area (Å²) in [5.41, 5.74) is 1.47. The maximum absolute atomic E-state index is 4.91. The second-order valence-electron chi connectivity index (χ2n) is 5.57. The van der Waals surface area contributed by atoms with E-state index >= 15 is 0 Å². The van der Waals surface area contributed by atoms with Gasteiger partial charge in [-0.3, -0.25) is 0 Å². The maximum atomic E-state index is 4.91. The van der Waals surface area contributed by atoms with Crippen LogP contribution in [0.3, 0.4) is 0 Å². The molecule has 3 aliphatic rings. The Morgan fingerprint density at radius 2 is 2.17 bits per heavy atom. The highest BCUT2D eigenvalue weighted by Gasteiger charge is 2.43. The Morgan fingerprint density at radius 3 is 2.89 bits per heavy atom. The highest BCUT2D eigenvalue weighted by atomic mass is 79.9. The fraction of sp³-hybridized carbons (Fsp3) is 0.500. The van der Waals surface area contributed by atoms with Crippen LogP contribution < -0.4 is 5.32 Å². The molecule has 0 amide bonds. The summed E-state index contributed by atoms with van der Waals surface area (Å²) in [5, 5.41) is 5.02. The van der Waals surface area contributed by atoms with Gasteiger partial charge in [-0.15, -0.1) is 11.3 Å². The predicted molar refractivity (Wildman–Crippen MR) is 79.3 cm³/mol. The Bertz CT molecular complexity index is 585. The second-order valence-corrected chi connectivity index (χ2v) is 7.51. The highest BCUT2D eigenvalue weighted by Crippen LogP contribution is 2.45. The van der Waals surface area contributed by atoms with E-state index in [1.807, 2.05) is 11.3 Å². The number of piperidine rings is 2. The number of halogens is 1. The number of nitrogens with zero attached hydrogens (tertiary/aromatic N) is 1. The first-order valence-corrected chi connectivity index (χ1v) is 8.16. The summed E-state index contributed by atoms with van der Waals surface area (Å²) in [6.07, 6.45) is 5.26. The number of hydrogen-bond acceptors (Lipinski definition) is 3. The minimum atomic E-state index is 0.324. The monoisotopic (exact) mass is 322 g/mol. The van der Waals surface area contributed by atoms with Gasteiger partial charge in [0.05, 0.1) is 10.2 Å². The van der Waals surface area contributed by atoms with Crippen molar-refractivity contribution in [2.45, 2.75) is 37.1 Å². The normalized spacial score (nSPS) is 31.1. The van der Waals surface area contributed by atoms with Gasteiger partial charge in [0.2, 0.25) is 0 Å². The Kier molecular flexibility index (Phi) is 2.54. The molecule has 0 spiro atoms. The quantitative estimate of drug-likeness (QED) is 0.862. The molecule has 5 rings (SSSR count). The SMILES string of the molecule is Brc1ccc2sc(C34CCC(CC3)NC4)nc2c1. The van der Waals surface area contributed by atoms with E-state index in [1.54, 1.807) is 0 Å². The van der Waals surface area contributed by atoms with Crippen LogP contribution in [0.5, 0.6) is 0 Å². The summed E-state index contributed by atoms with van der Waals surface area (Å²) in [6.45, 7) is 1.12. The number of rotatable bonds is 1. The van der Waals surface area contributed by atoms with Gasteiger partial charge in [0, 0.05) is 22.5 Å². The average Bonchev–Trinajstić information content (AvgIpc) is 2.84. The van der Waals surface area contributed by atoms with Gasteiger partial charge >= 0.3 is 0 Å². The molecule has 1 saturated carbocycles. The molecule has 4 heteroatoms. The van der Waals surface area contributed by atoms with Crippen LogP contribution in [0.1, 0.15) is 30.7 Å². The molecule has 2 nitrogen and oxygen atoms in total. The summed E-state index contributed by atoms with van der Waals surface area (Å²) in [6, 6.07) is 7.20. The maximum Gasteiger partial charge on any atom is 0.101 e. The van der Waals surface area contributed by atoms with E-state index in [9.17, 15) is 0 Å². The molecule has 2 bridgehead atoms. The third kappa shape index (κ3) is 1.66. The standard InChI is InChI=1S/C14H15BrN2S/c15-9-1-2-12-11(7-9)17-13(18-12)14-5-3-10(4-6-14)16-8-14/h1-2,7,10,16H,3-6,8H2. The highest BCUT2D eigenvalue weighted by molar-refractivity contribution is 9.10. The molecular weight excluding hydrogens is 308 g/mol. The molecule has 0 unspecified atom stereocenters. The van der Waals surface area contributed by atoms with Crippen molar-refractivity contribution in [3.63, 3.8) is 0 Å². The Morgan fingerprint density at radius 1 is 1.33 bits per heavy atom. The lowest BCUT2D eigenvalue weighted by Gasteiger charge is -2.45. The Balaban J connectivity index is 1.81. The lowest BCUT2D eigenvalue weighted by Crippen LogP contribution is -2.53. The number of benzene rings is 1. The first-order valence-electron chi connectivity index (χ1n) is 6.55. The summed E-state index contributed by atoms with van der Waals surface area (Å²) in [7, 11) is 0. The number of nitrogens with one attached hydrogen (secondary N) is 1. The third-order valence-electron chi connectivity index (χ3n) is 4.48. The van der Waals surface area contributed by atoms with Crippen molar-refractivity contribution < 1.29 is 0 Å². The number of aromatic nitrogens is 1. The summed E-state index contributed by atoms with van der Waals surface area (Å²) >= 11 is 5.42. The van der Waals surface area contributed by atoms with Gasteiger partial charge in [0.15, 0.2) is 0 Å². The fourth-order valence-corrected chi connectivity index (χ4v) is 4.85. The van der Waals surface area contributed by atoms with Crippen LogP contribution in [0.15, 0.2) is 22.7 Å². The van der Waals surface area contributed by atoms with Crippen LogP contribution in [0.2, 0.25) is 0 Å². The van der Waals surface area contributed by atoms with Gasteiger partial charge in [0.25, 0.3) is 0 Å². The van der Waals surface area contributed by atoms with Gasteiger partial charge < -0.3 is 5.32 Å². The van der Waals surface area contributed by atoms with E-state index < -0.39 is 0 Å². The number of thiazole rings is 1. The fourth-order valence-electron chi connectivity index (χ4n) is 3.31. The minimum absolute atomic E-state index is 0.324. The van der Waals surface area contributed by atoms with Crippen LogP contribution in [0.25, 0.3) is 10.2 Å². The largest absolute Gasteiger partial charge is 0.313 e. The molecule has 2 saturated heterocycles. The molecule has 2 aromatic rings. The van der Waals surface area contributed by atoms with Crippen LogP contribution >= 0.6 is 27.3 Å². The molecule has 0 radical (unpaired) electrons. The Labute approximate surface area is 119 Å². The van der Waals surface area contributed by atoms with Crippen molar-refractivity contribution in [1.29, 1.82) is 0 Å². The molecule has 0 atom stereocenters. The smallest absolute Gasteiger partial charge is 0.101 e. The van der Waals surface area contributed by atoms with Gasteiger partial charge in [-0.05, 0) is 43.9 Å². The Hall–Kier alpha value is -0.450. The molecule has 2 aliphatic heterocycles. The van der Waals surface area contributed by atoms with E-state index in [0.717, 1.165) is 22.6 Å². The van der Waals surface area contributed by atoms with E-state index in [1.165, 1.54) is 35.4 Å². The van der Waals surface area contributed by atoms with Gasteiger partial charge in [-0.2, -0.15) is 0 Å². The molecule has 1 aromatic heterocycles. The summed E-state index contributed by atoms with van der Waals surface area (Å²) < 4.78 is 2.44. The van der Waals surface area contributed by atoms with Gasteiger partial charge in [0.1, 0.15) is 5.01 Å². The van der Waals surface area contributed by atoms with Crippen molar-refractivity contribution in [1.82, 2.24) is 10.3 Å². The van der Waals surface area contributed by atoms with E-state index in [4.69, 9.17) is 4.98 Å². The van der Waals surface area contributed by atoms with E-state index in [-0.39, 0.29) is 0 Å². The predicted octanol–water partition coefficient (Wildman–Crippen LogP) is 3.84. The van der Waals surface area contributed by atoms with Crippen LogP contribution in [-0.2, 0) is 5.41 Å². The minimum Gasteiger partial charge on any atom is -0.313 e. The van der Waals surface area contributed by atoms with Crippen molar-refractivity contribution in [2.75, 3.05) is 6.54 Å². The van der Waals surface area contributed by atoms with Gasteiger partial charge in [-0.1, -0.05) is 15.9 Å². The number of hydrogen-bond donors (Lipinski definition) is 1. The first kappa shape index (κ1) is 11.4. The summed E-state index contributed by atoms with van der Waals surface area (Å²) in [4.78, 5) is 4.91. The van der Waals surface area contributed by atoms with Crippen LogP contribution in [-0.4, -0.2) is 17.6 Å². The first-order chi connectivity index (χ1) is 8.75. The molecule has 1 N–H and O–H groups in total. The lowest BCUT2D eigenvalue weighted by molar-refractivity contribution is 0.170. The molecule has 94 valence electrons. The topological polar surface area (TPSA) is 24.9 Å². The molecule has 3 heterocycles. The van der Waals surface area contributed by atoms with Crippen molar-refractivity contribution in [2.24, 2.45) is 0 Å². The molecule has 18 heavy (non-hydrogen) atoms. The third-order valence-corrected chi connectivity index (χ3v) is 6.25. The van der Waals surface area contributed by atoms with Gasteiger partial charge in [-0.25, -0.2) is 4.98 Å². The van der Waals surface area contributed by atoms with Crippen LogP contribution in [0, 0.1) is 0 Å². The lowest BCUT2D eigenvalue weighted by atomic mass is 9.69. The molecule has 1 aliphatic carbocycles. The molecule has 3 fully saturated rings. The van der Waals surface area contributed by atoms with Crippen molar-refractivity contribution in [3.8, 4) is 0 Å². The zero-order valence-corrected chi connectivity index (χ0v) is 12.5. The average molecular weight is 323 g/mol. The zero-order chi connectivity index (χ0) is 12.2. The summed E-state index contributed by atoms with van der Waals surface area (Å²) in [5.74, 6) is 0. The molecule has 1 aromatic carbocycles. The van der Waals surface area contributed by atoms with E-state index in [2.05, 4.69) is 39.4 Å². The second kappa shape index (κ2) is 4.02. The van der Waals surface area contributed by atoms with Crippen molar-refractivity contribution in [3.05, 3.63) is 27.7 Å². The van der Waals surface area contributed by atoms with Crippen LogP contribution in [0.4, 0.5) is 0 Å². The van der Waals surface area contributed by atoms with Crippen molar-refractivity contribution >= 4 is 37.5 Å².